The number of aromatic nitrogens is 3. The van der Waals surface area contributed by atoms with Crippen LogP contribution in [0.4, 0.5) is 9.18 Å². The Bertz CT molecular complexity index is 2400. The number of ether oxygens (including phenoxy) is 2. The molecule has 4 atom stereocenters. The zero-order valence-electron chi connectivity index (χ0n) is 30.4. The molecule has 1 N–H and O–H groups in total. The van der Waals surface area contributed by atoms with Gasteiger partial charge in [0.05, 0.1) is 34.7 Å². The maximum absolute atomic E-state index is 17.3. The van der Waals surface area contributed by atoms with Gasteiger partial charge in [0, 0.05) is 41.0 Å². The van der Waals surface area contributed by atoms with Crippen molar-refractivity contribution in [1.82, 2.24) is 24.3 Å². The van der Waals surface area contributed by atoms with Crippen molar-refractivity contribution in [3.63, 3.8) is 0 Å². The molecule has 3 aromatic carbocycles. The van der Waals surface area contributed by atoms with Crippen molar-refractivity contribution < 1.29 is 18.7 Å². The number of nitrogens with zero attached hydrogens (tertiary/aromatic N) is 6. The Balaban J connectivity index is 1.43. The first-order valence-electron chi connectivity index (χ1n) is 17.9. The lowest BCUT2D eigenvalue weighted by molar-refractivity contribution is 0.00606. The molecule has 13 heteroatoms. The molecule has 5 aromatic rings. The van der Waals surface area contributed by atoms with E-state index in [9.17, 15) is 20.1 Å². The van der Waals surface area contributed by atoms with E-state index in [1.165, 1.54) is 0 Å². The van der Waals surface area contributed by atoms with Crippen molar-refractivity contribution in [2.75, 3.05) is 20.1 Å². The van der Waals surface area contributed by atoms with Crippen LogP contribution in [0, 0.1) is 28.5 Å². The summed E-state index contributed by atoms with van der Waals surface area (Å²) in [6, 6.07) is 15.8. The number of hydrogen-bond acceptors (Lipinski definition) is 8. The normalized spacial score (nSPS) is 20.1. The second kappa shape index (κ2) is 14.0. The van der Waals surface area contributed by atoms with Crippen molar-refractivity contribution >= 4 is 50.4 Å². The molecule has 1 amide bonds. The Hall–Kier alpha value is -5.17. The third-order valence-electron chi connectivity index (χ3n) is 10.5. The van der Waals surface area contributed by atoms with Crippen LogP contribution in [0.1, 0.15) is 71.4 Å². The highest BCUT2D eigenvalue weighted by atomic mass is 35.5. The summed E-state index contributed by atoms with van der Waals surface area (Å²) in [5.41, 5.74) is 0.350. The van der Waals surface area contributed by atoms with Gasteiger partial charge in [0.25, 0.3) is 0 Å². The Labute approximate surface area is 311 Å². The molecule has 274 valence electrons. The molecule has 0 radical (unpaired) electrons. The van der Waals surface area contributed by atoms with E-state index in [-0.39, 0.29) is 53.5 Å². The second-order valence-electron chi connectivity index (χ2n) is 15.1. The number of likely N-dealkylation sites (tertiary alicyclic amines) is 2. The zero-order chi connectivity index (χ0) is 37.8. The standard InChI is InChI=1S/C40H41ClFN7O4/c1-22(30-13-8-17-47(30)5)52-37-35-36(49(38(50)46-35)26-15-18-48(25(19-26)14-16-43)39(51)53-40(2,3)4)28-20-29(41)32(33(42)34(28)45-37)27-12-7-10-23-9-6-11-24(21-44)31(23)27/h6-7,9-12,20,22,25-26,30H,8,13-15,17-19H2,1-5H3,(H,46,50)/t22-,25-,26-,30-/m0/s1. The lowest BCUT2D eigenvalue weighted by Crippen LogP contribution is -2.49. The number of nitrogens with one attached hydrogen (secondary N) is 1. The van der Waals surface area contributed by atoms with E-state index in [1.807, 2.05) is 26.1 Å². The molecule has 0 saturated carbocycles. The number of nitriles is 2. The summed E-state index contributed by atoms with van der Waals surface area (Å²) < 4.78 is 31.1. The summed E-state index contributed by atoms with van der Waals surface area (Å²) in [7, 11) is 2.04. The molecule has 4 heterocycles. The monoisotopic (exact) mass is 737 g/mol. The van der Waals surface area contributed by atoms with Gasteiger partial charge in [-0.2, -0.15) is 10.5 Å². The number of pyridine rings is 1. The van der Waals surface area contributed by atoms with E-state index >= 15 is 4.39 Å². The minimum atomic E-state index is -0.726. The highest BCUT2D eigenvalue weighted by Crippen LogP contribution is 2.43. The molecule has 7 rings (SSSR count). The summed E-state index contributed by atoms with van der Waals surface area (Å²) in [5, 5.41) is 21.4. The van der Waals surface area contributed by atoms with Gasteiger partial charge in [-0.05, 0) is 90.1 Å². The van der Waals surface area contributed by atoms with E-state index in [0.29, 0.717) is 39.4 Å². The number of hydrogen-bond donors (Lipinski definition) is 1. The minimum Gasteiger partial charge on any atom is -0.471 e. The first-order valence-corrected chi connectivity index (χ1v) is 18.3. The molecule has 2 saturated heterocycles. The van der Waals surface area contributed by atoms with E-state index in [0.717, 1.165) is 24.8 Å². The van der Waals surface area contributed by atoms with Gasteiger partial charge in [-0.1, -0.05) is 41.9 Å². The quantitative estimate of drug-likeness (QED) is 0.185. The van der Waals surface area contributed by atoms with Gasteiger partial charge in [-0.25, -0.2) is 19.0 Å². The predicted octanol–water partition coefficient (Wildman–Crippen LogP) is 8.08. The average Bonchev–Trinajstić information content (AvgIpc) is 3.70. The van der Waals surface area contributed by atoms with Crippen LogP contribution in [-0.2, 0) is 4.74 Å². The van der Waals surface area contributed by atoms with E-state index < -0.39 is 35.3 Å². The number of benzene rings is 3. The molecule has 0 bridgehead atoms. The number of fused-ring (bicyclic) bond motifs is 4. The first-order chi connectivity index (χ1) is 25.3. The fourth-order valence-corrected chi connectivity index (χ4v) is 8.45. The molecular formula is C40H41ClFN7O4. The molecule has 53 heavy (non-hydrogen) atoms. The van der Waals surface area contributed by atoms with Crippen LogP contribution in [0.25, 0.3) is 43.8 Å². The van der Waals surface area contributed by atoms with E-state index in [4.69, 9.17) is 26.1 Å². The number of H-pyrrole nitrogens is 1. The number of rotatable bonds is 6. The van der Waals surface area contributed by atoms with Gasteiger partial charge in [-0.15, -0.1) is 0 Å². The second-order valence-corrected chi connectivity index (χ2v) is 15.5. The zero-order valence-corrected chi connectivity index (χ0v) is 31.1. The molecule has 0 unspecified atom stereocenters. The Morgan fingerprint density at radius 3 is 2.60 bits per heavy atom. The van der Waals surface area contributed by atoms with Crippen molar-refractivity contribution in [3.8, 4) is 29.1 Å². The Kier molecular flexibility index (Phi) is 9.56. The van der Waals surface area contributed by atoms with Crippen molar-refractivity contribution in [1.29, 1.82) is 10.5 Å². The number of carbonyl (C=O) groups excluding carboxylic acids is 1. The summed E-state index contributed by atoms with van der Waals surface area (Å²) in [5.74, 6) is -0.633. The summed E-state index contributed by atoms with van der Waals surface area (Å²) in [6.07, 6.45) is 1.76. The molecule has 2 aliphatic heterocycles. The summed E-state index contributed by atoms with van der Waals surface area (Å²) in [6.45, 7) is 8.46. The Morgan fingerprint density at radius 2 is 1.92 bits per heavy atom. The summed E-state index contributed by atoms with van der Waals surface area (Å²) in [4.78, 5) is 38.8. The van der Waals surface area contributed by atoms with Crippen LogP contribution in [-0.4, -0.2) is 74.4 Å². The van der Waals surface area contributed by atoms with Gasteiger partial charge < -0.3 is 19.4 Å². The molecule has 0 aliphatic carbocycles. The van der Waals surface area contributed by atoms with Crippen molar-refractivity contribution in [2.45, 2.75) is 89.6 Å². The molecule has 11 nitrogen and oxygen atoms in total. The van der Waals surface area contributed by atoms with Crippen LogP contribution < -0.4 is 10.4 Å². The third kappa shape index (κ3) is 6.55. The average molecular weight is 738 g/mol. The van der Waals surface area contributed by atoms with Crippen LogP contribution in [0.3, 0.4) is 0 Å². The maximum atomic E-state index is 17.3. The minimum absolute atomic E-state index is 0.0372. The molecule has 0 spiro atoms. The van der Waals surface area contributed by atoms with Crippen LogP contribution >= 0.6 is 11.6 Å². The number of carbonyl (C=O) groups is 1. The van der Waals surface area contributed by atoms with Gasteiger partial charge in [0.1, 0.15) is 22.7 Å². The molecule has 2 aromatic heterocycles. The SMILES string of the molecule is C[C@H](Oc1nc2c(F)c(-c3cccc4cccc(C#N)c34)c(Cl)cc2c2c1[nH]c(=O)n2[C@H]1CCN(C(=O)OC(C)(C)C)[C@@H](CC#N)C1)[C@@H]1CCCN1C. The van der Waals surface area contributed by atoms with Gasteiger partial charge in [-0.3, -0.25) is 9.47 Å². The lowest BCUT2D eigenvalue weighted by atomic mass is 9.93. The summed E-state index contributed by atoms with van der Waals surface area (Å²) >= 11 is 7.00. The number of piperidine rings is 1. The Morgan fingerprint density at radius 1 is 1.17 bits per heavy atom. The number of aromatic amines is 1. The predicted molar refractivity (Wildman–Crippen MR) is 201 cm³/mol. The van der Waals surface area contributed by atoms with E-state index in [1.54, 1.807) is 60.6 Å². The molecule has 2 fully saturated rings. The highest BCUT2D eigenvalue weighted by molar-refractivity contribution is 6.35. The largest absolute Gasteiger partial charge is 0.471 e. The number of halogens is 2. The molecule has 2 aliphatic rings. The van der Waals surface area contributed by atoms with Crippen LogP contribution in [0.2, 0.25) is 5.02 Å². The van der Waals surface area contributed by atoms with E-state index in [2.05, 4.69) is 22.0 Å². The topological polar surface area (TPSA) is 140 Å². The maximum Gasteiger partial charge on any atom is 0.410 e. The highest BCUT2D eigenvalue weighted by Gasteiger charge is 2.37. The number of imidazole rings is 1. The third-order valence-corrected chi connectivity index (χ3v) is 10.8. The molecular weight excluding hydrogens is 697 g/mol. The fraction of sp³-hybridized carbons (Fsp3) is 0.425. The first kappa shape index (κ1) is 36.2. The number of likely N-dealkylation sites (N-methyl/N-ethyl adjacent to an activating group) is 1. The smallest absolute Gasteiger partial charge is 0.410 e. The number of amides is 1. The lowest BCUT2D eigenvalue weighted by Gasteiger charge is -2.39. The van der Waals surface area contributed by atoms with Crippen molar-refractivity contribution in [3.05, 3.63) is 69.4 Å². The van der Waals surface area contributed by atoms with Gasteiger partial charge in [0.15, 0.2) is 5.82 Å². The van der Waals surface area contributed by atoms with Gasteiger partial charge >= 0.3 is 11.8 Å². The van der Waals surface area contributed by atoms with Crippen molar-refractivity contribution in [2.24, 2.45) is 0 Å². The van der Waals surface area contributed by atoms with Crippen LogP contribution in [0.5, 0.6) is 5.88 Å². The van der Waals surface area contributed by atoms with Crippen LogP contribution in [0.15, 0.2) is 47.3 Å². The van der Waals surface area contributed by atoms with Gasteiger partial charge in [0.2, 0.25) is 5.88 Å². The fourth-order valence-electron chi connectivity index (χ4n) is 8.15.